The van der Waals surface area contributed by atoms with Crippen molar-refractivity contribution in [2.24, 2.45) is 5.92 Å². The Kier molecular flexibility index (Phi) is 5.68. The molecule has 0 aliphatic heterocycles. The molecule has 24 heavy (non-hydrogen) atoms. The predicted molar refractivity (Wildman–Crippen MR) is 98.8 cm³/mol. The van der Waals surface area contributed by atoms with Gasteiger partial charge in [-0.2, -0.15) is 0 Å². The lowest BCUT2D eigenvalue weighted by atomic mass is 9.79. The summed E-state index contributed by atoms with van der Waals surface area (Å²) in [5.41, 5.74) is 2.84. The lowest BCUT2D eigenvalue weighted by molar-refractivity contribution is 0.375. The highest BCUT2D eigenvalue weighted by molar-refractivity contribution is 6.30. The third-order valence-corrected chi connectivity index (χ3v) is 5.20. The van der Waals surface area contributed by atoms with Crippen LogP contribution in [0.2, 0.25) is 5.02 Å². The van der Waals surface area contributed by atoms with Crippen molar-refractivity contribution in [1.82, 2.24) is 4.98 Å². The fourth-order valence-corrected chi connectivity index (χ4v) is 3.56. The van der Waals surface area contributed by atoms with Crippen LogP contribution in [0.25, 0.3) is 11.3 Å². The van der Waals surface area contributed by atoms with Gasteiger partial charge in [-0.1, -0.05) is 42.8 Å². The van der Waals surface area contributed by atoms with Crippen molar-refractivity contribution in [3.05, 3.63) is 65.1 Å². The van der Waals surface area contributed by atoms with Gasteiger partial charge in [-0.05, 0) is 67.7 Å². The minimum atomic E-state index is -0.404. The maximum atomic E-state index is 13.6. The average Bonchev–Trinajstić information content (AvgIpc) is 2.63. The van der Waals surface area contributed by atoms with Gasteiger partial charge >= 0.3 is 0 Å². The molecule has 1 nitrogen and oxygen atoms in total. The van der Waals surface area contributed by atoms with Crippen molar-refractivity contribution in [2.75, 3.05) is 0 Å². The molecule has 0 unspecified atom stereocenters. The first-order valence-electron chi connectivity index (χ1n) is 8.75. The van der Waals surface area contributed by atoms with Gasteiger partial charge in [0, 0.05) is 11.8 Å². The van der Waals surface area contributed by atoms with Gasteiger partial charge < -0.3 is 0 Å². The number of aromatic nitrogens is 1. The highest BCUT2D eigenvalue weighted by Gasteiger charge is 2.21. The van der Waals surface area contributed by atoms with E-state index in [1.807, 2.05) is 12.3 Å². The molecule has 0 saturated heterocycles. The van der Waals surface area contributed by atoms with Crippen molar-refractivity contribution in [1.29, 1.82) is 0 Å². The molecule has 1 aromatic heterocycles. The minimum Gasteiger partial charge on any atom is -0.256 e. The van der Waals surface area contributed by atoms with E-state index in [1.165, 1.54) is 37.3 Å². The molecule has 0 atom stereocenters. The molecule has 126 valence electrons. The molecule has 2 aromatic rings. The molecule has 0 radical (unpaired) electrons. The molecule has 0 spiro atoms. The van der Waals surface area contributed by atoms with E-state index in [4.69, 9.17) is 11.6 Å². The summed E-state index contributed by atoms with van der Waals surface area (Å²) < 4.78 is 13.6. The first-order valence-corrected chi connectivity index (χ1v) is 9.13. The normalized spacial score (nSPS) is 21.3. The van der Waals surface area contributed by atoms with E-state index in [0.717, 1.165) is 23.6 Å². The summed E-state index contributed by atoms with van der Waals surface area (Å²) in [6.45, 7) is 2.18. The first kappa shape index (κ1) is 17.2. The summed E-state index contributed by atoms with van der Waals surface area (Å²) >= 11 is 5.74. The summed E-state index contributed by atoms with van der Waals surface area (Å²) in [5, 5.41) is 0.143. The largest absolute Gasteiger partial charge is 0.256 e. The Hall–Kier alpha value is -1.67. The zero-order chi connectivity index (χ0) is 16.9. The Morgan fingerprint density at radius 2 is 1.96 bits per heavy atom. The van der Waals surface area contributed by atoms with Crippen molar-refractivity contribution < 1.29 is 4.39 Å². The molecule has 1 aliphatic carbocycles. The fourth-order valence-electron chi connectivity index (χ4n) is 3.45. The fraction of sp³-hybridized carbons (Fsp3) is 0.381. The summed E-state index contributed by atoms with van der Waals surface area (Å²) in [6.07, 6.45) is 12.7. The Morgan fingerprint density at radius 1 is 1.17 bits per heavy atom. The lowest BCUT2D eigenvalue weighted by Gasteiger charge is -2.27. The van der Waals surface area contributed by atoms with Crippen LogP contribution in [0.5, 0.6) is 0 Å². The summed E-state index contributed by atoms with van der Waals surface area (Å²) in [4.78, 5) is 4.54. The number of allylic oxidation sites excluding steroid dienone is 2. The van der Waals surface area contributed by atoms with Gasteiger partial charge in [0.1, 0.15) is 5.82 Å². The zero-order valence-corrected chi connectivity index (χ0v) is 14.8. The summed E-state index contributed by atoms with van der Waals surface area (Å²) in [5.74, 6) is 0.934. The Morgan fingerprint density at radius 3 is 2.58 bits per heavy atom. The lowest BCUT2D eigenvalue weighted by Crippen LogP contribution is -2.12. The van der Waals surface area contributed by atoms with Crippen LogP contribution in [-0.4, -0.2) is 4.98 Å². The Bertz CT molecular complexity index is 700. The second-order valence-electron chi connectivity index (χ2n) is 6.55. The van der Waals surface area contributed by atoms with Gasteiger partial charge in [-0.15, -0.1) is 0 Å². The molecule has 0 amide bonds. The second kappa shape index (κ2) is 7.94. The Labute approximate surface area is 148 Å². The van der Waals surface area contributed by atoms with E-state index in [0.29, 0.717) is 5.92 Å². The first-order chi connectivity index (χ1) is 11.7. The van der Waals surface area contributed by atoms with Gasteiger partial charge in [0.15, 0.2) is 0 Å². The van der Waals surface area contributed by atoms with Crippen LogP contribution in [0.1, 0.15) is 50.5 Å². The summed E-state index contributed by atoms with van der Waals surface area (Å²) in [6, 6.07) is 8.95. The number of hydrogen-bond acceptors (Lipinski definition) is 1. The van der Waals surface area contributed by atoms with Crippen molar-refractivity contribution in [3.8, 4) is 11.3 Å². The van der Waals surface area contributed by atoms with Crippen LogP contribution in [0.3, 0.4) is 0 Å². The van der Waals surface area contributed by atoms with E-state index in [2.05, 4.69) is 30.1 Å². The zero-order valence-electron chi connectivity index (χ0n) is 14.0. The number of hydrogen-bond donors (Lipinski definition) is 0. The number of halogens is 2. The van der Waals surface area contributed by atoms with Crippen LogP contribution < -0.4 is 0 Å². The molecule has 1 aliphatic rings. The standard InChI is InChI=1S/C21H23ClFN/c1-2-3-4-15-5-7-16(8-6-15)18-10-12-21(24-14-18)17-9-11-19(22)20(23)13-17/h3-4,9-16H,2,5-8H2,1H3/t15-,16-. The monoisotopic (exact) mass is 343 g/mol. The number of benzene rings is 1. The minimum absolute atomic E-state index is 0.143. The van der Waals surface area contributed by atoms with Crippen molar-refractivity contribution in [3.63, 3.8) is 0 Å². The van der Waals surface area contributed by atoms with Gasteiger partial charge in [-0.3, -0.25) is 4.98 Å². The molecule has 1 heterocycles. The van der Waals surface area contributed by atoms with Crippen LogP contribution in [-0.2, 0) is 0 Å². The van der Waals surface area contributed by atoms with Gasteiger partial charge in [-0.25, -0.2) is 4.39 Å². The second-order valence-corrected chi connectivity index (χ2v) is 6.96. The molecule has 1 fully saturated rings. The number of rotatable bonds is 4. The molecule has 3 heteroatoms. The smallest absolute Gasteiger partial charge is 0.142 e. The maximum Gasteiger partial charge on any atom is 0.142 e. The average molecular weight is 344 g/mol. The third kappa shape index (κ3) is 4.05. The third-order valence-electron chi connectivity index (χ3n) is 4.89. The number of pyridine rings is 1. The quantitative estimate of drug-likeness (QED) is 0.557. The van der Waals surface area contributed by atoms with E-state index < -0.39 is 5.82 Å². The molecule has 0 bridgehead atoms. The predicted octanol–water partition coefficient (Wildman–Crippen LogP) is 6.78. The summed E-state index contributed by atoms with van der Waals surface area (Å²) in [7, 11) is 0. The van der Waals surface area contributed by atoms with Gasteiger partial charge in [0.2, 0.25) is 0 Å². The topological polar surface area (TPSA) is 12.9 Å². The van der Waals surface area contributed by atoms with E-state index in [-0.39, 0.29) is 5.02 Å². The molecular formula is C21H23ClFN. The maximum absolute atomic E-state index is 13.6. The molecule has 0 N–H and O–H groups in total. The van der Waals surface area contributed by atoms with Crippen LogP contribution in [0.4, 0.5) is 4.39 Å². The Balaban J connectivity index is 1.67. The van der Waals surface area contributed by atoms with E-state index in [9.17, 15) is 4.39 Å². The van der Waals surface area contributed by atoms with Crippen LogP contribution in [0, 0.1) is 11.7 Å². The van der Waals surface area contributed by atoms with Gasteiger partial charge in [0.25, 0.3) is 0 Å². The highest BCUT2D eigenvalue weighted by Crippen LogP contribution is 2.36. The van der Waals surface area contributed by atoms with Gasteiger partial charge in [0.05, 0.1) is 10.7 Å². The molecular weight excluding hydrogens is 321 g/mol. The van der Waals surface area contributed by atoms with Crippen LogP contribution >= 0.6 is 11.6 Å². The van der Waals surface area contributed by atoms with Crippen molar-refractivity contribution >= 4 is 11.6 Å². The SMILES string of the molecule is CCC=C[C@H]1CC[C@H](c2ccc(-c3ccc(Cl)c(F)c3)nc2)CC1. The molecule has 3 rings (SSSR count). The number of nitrogens with zero attached hydrogens (tertiary/aromatic N) is 1. The molecule has 1 saturated carbocycles. The highest BCUT2D eigenvalue weighted by atomic mass is 35.5. The molecule has 1 aromatic carbocycles. The van der Waals surface area contributed by atoms with E-state index in [1.54, 1.807) is 12.1 Å². The van der Waals surface area contributed by atoms with Crippen molar-refractivity contribution in [2.45, 2.75) is 44.9 Å². The van der Waals surface area contributed by atoms with E-state index >= 15 is 0 Å². The van der Waals surface area contributed by atoms with Crippen LogP contribution in [0.15, 0.2) is 48.7 Å².